The molecule has 1 aromatic carbocycles. The lowest BCUT2D eigenvalue weighted by Gasteiger charge is -2.38. The summed E-state index contributed by atoms with van der Waals surface area (Å²) < 4.78 is 33.0. The highest BCUT2D eigenvalue weighted by Crippen LogP contribution is 2.40. The summed E-state index contributed by atoms with van der Waals surface area (Å²) in [5, 5.41) is 0. The van der Waals surface area contributed by atoms with Crippen LogP contribution < -0.4 is 5.73 Å². The average Bonchev–Trinajstić information content (AvgIpc) is 2.65. The van der Waals surface area contributed by atoms with Crippen molar-refractivity contribution >= 4 is 0 Å². The molecule has 2 N–H and O–H groups in total. The van der Waals surface area contributed by atoms with Crippen molar-refractivity contribution in [2.75, 3.05) is 6.61 Å². The van der Waals surface area contributed by atoms with Crippen LogP contribution in [-0.2, 0) is 4.74 Å². The number of hydrogen-bond acceptors (Lipinski definition) is 2. The maximum atomic E-state index is 14.0. The SMILES string of the molecule is CCOC1(C(N)c2ccc(F)cc2F)CCCCCC1. The summed E-state index contributed by atoms with van der Waals surface area (Å²) in [6.07, 6.45) is 6.06. The molecule has 2 rings (SSSR count). The average molecular weight is 283 g/mol. The van der Waals surface area contributed by atoms with E-state index in [2.05, 4.69) is 0 Å². The zero-order valence-electron chi connectivity index (χ0n) is 12.0. The van der Waals surface area contributed by atoms with Gasteiger partial charge in [0.25, 0.3) is 0 Å². The van der Waals surface area contributed by atoms with E-state index in [0.29, 0.717) is 12.2 Å². The van der Waals surface area contributed by atoms with Crippen molar-refractivity contribution in [1.29, 1.82) is 0 Å². The van der Waals surface area contributed by atoms with E-state index in [1.54, 1.807) is 0 Å². The third-order valence-electron chi connectivity index (χ3n) is 4.25. The molecule has 1 fully saturated rings. The number of hydrogen-bond donors (Lipinski definition) is 1. The second-order valence-electron chi connectivity index (χ2n) is 5.56. The van der Waals surface area contributed by atoms with Crippen LogP contribution in [0.5, 0.6) is 0 Å². The number of rotatable bonds is 4. The molecule has 1 atom stereocenters. The van der Waals surface area contributed by atoms with E-state index in [9.17, 15) is 8.78 Å². The van der Waals surface area contributed by atoms with Crippen LogP contribution >= 0.6 is 0 Å². The molecule has 1 aliphatic carbocycles. The maximum Gasteiger partial charge on any atom is 0.130 e. The first-order valence-corrected chi connectivity index (χ1v) is 7.43. The lowest BCUT2D eigenvalue weighted by atomic mass is 9.82. The van der Waals surface area contributed by atoms with Gasteiger partial charge in [-0.1, -0.05) is 31.7 Å². The van der Waals surface area contributed by atoms with Gasteiger partial charge in [-0.15, -0.1) is 0 Å². The van der Waals surface area contributed by atoms with Gasteiger partial charge in [-0.2, -0.15) is 0 Å². The van der Waals surface area contributed by atoms with Crippen LogP contribution in [0.2, 0.25) is 0 Å². The first-order valence-electron chi connectivity index (χ1n) is 7.43. The van der Waals surface area contributed by atoms with Gasteiger partial charge in [0.1, 0.15) is 11.6 Å². The Morgan fingerprint density at radius 1 is 1.20 bits per heavy atom. The van der Waals surface area contributed by atoms with Gasteiger partial charge in [-0.05, 0) is 25.8 Å². The van der Waals surface area contributed by atoms with Gasteiger partial charge in [0.15, 0.2) is 0 Å². The molecule has 0 aliphatic heterocycles. The molecule has 2 nitrogen and oxygen atoms in total. The van der Waals surface area contributed by atoms with Gasteiger partial charge in [0, 0.05) is 18.2 Å². The van der Waals surface area contributed by atoms with Gasteiger partial charge < -0.3 is 10.5 Å². The van der Waals surface area contributed by atoms with Crippen LogP contribution in [0.15, 0.2) is 18.2 Å². The largest absolute Gasteiger partial charge is 0.373 e. The van der Waals surface area contributed by atoms with Gasteiger partial charge in [0.2, 0.25) is 0 Å². The van der Waals surface area contributed by atoms with Crippen LogP contribution in [-0.4, -0.2) is 12.2 Å². The second-order valence-corrected chi connectivity index (χ2v) is 5.56. The van der Waals surface area contributed by atoms with Crippen molar-refractivity contribution in [2.24, 2.45) is 5.73 Å². The number of ether oxygens (including phenoxy) is 1. The highest BCUT2D eigenvalue weighted by molar-refractivity contribution is 5.25. The van der Waals surface area contributed by atoms with Gasteiger partial charge in [-0.25, -0.2) is 8.78 Å². The number of halogens is 2. The first-order chi connectivity index (χ1) is 9.59. The summed E-state index contributed by atoms with van der Waals surface area (Å²) in [5.41, 5.74) is 6.15. The summed E-state index contributed by atoms with van der Waals surface area (Å²) in [4.78, 5) is 0. The minimum absolute atomic E-state index is 0.349. The summed E-state index contributed by atoms with van der Waals surface area (Å²) >= 11 is 0. The molecule has 1 saturated carbocycles. The zero-order valence-corrected chi connectivity index (χ0v) is 12.0. The fourth-order valence-electron chi connectivity index (χ4n) is 3.20. The molecule has 0 heterocycles. The van der Waals surface area contributed by atoms with Crippen LogP contribution in [0.1, 0.15) is 57.1 Å². The van der Waals surface area contributed by atoms with Crippen LogP contribution in [0.4, 0.5) is 8.78 Å². The van der Waals surface area contributed by atoms with E-state index < -0.39 is 23.3 Å². The van der Waals surface area contributed by atoms with Crippen LogP contribution in [0, 0.1) is 11.6 Å². The summed E-state index contributed by atoms with van der Waals surface area (Å²) in [6, 6.07) is 3.04. The van der Waals surface area contributed by atoms with Crippen molar-refractivity contribution < 1.29 is 13.5 Å². The highest BCUT2D eigenvalue weighted by Gasteiger charge is 2.39. The Bertz CT molecular complexity index is 442. The molecule has 112 valence electrons. The third-order valence-corrected chi connectivity index (χ3v) is 4.25. The smallest absolute Gasteiger partial charge is 0.130 e. The van der Waals surface area contributed by atoms with Crippen molar-refractivity contribution in [3.8, 4) is 0 Å². The third kappa shape index (κ3) is 3.18. The van der Waals surface area contributed by atoms with E-state index in [0.717, 1.165) is 44.6 Å². The molecule has 0 saturated heterocycles. The Morgan fingerprint density at radius 3 is 2.40 bits per heavy atom. The molecule has 0 bridgehead atoms. The Hall–Kier alpha value is -1.00. The minimum atomic E-state index is -0.583. The summed E-state index contributed by atoms with van der Waals surface area (Å²) in [7, 11) is 0. The van der Waals surface area contributed by atoms with Crippen molar-refractivity contribution in [1.82, 2.24) is 0 Å². The first kappa shape index (κ1) is 15.4. The fourth-order valence-corrected chi connectivity index (χ4v) is 3.20. The molecule has 0 amide bonds. The maximum absolute atomic E-state index is 14.0. The Morgan fingerprint density at radius 2 is 1.85 bits per heavy atom. The Labute approximate surface area is 119 Å². The predicted octanol–water partition coefficient (Wildman–Crippen LogP) is 4.09. The highest BCUT2D eigenvalue weighted by atomic mass is 19.1. The Kier molecular flexibility index (Phi) is 5.11. The topological polar surface area (TPSA) is 35.2 Å². The zero-order chi connectivity index (χ0) is 14.6. The quantitative estimate of drug-likeness (QED) is 0.845. The minimum Gasteiger partial charge on any atom is -0.373 e. The van der Waals surface area contributed by atoms with E-state index in [-0.39, 0.29) is 0 Å². The van der Waals surface area contributed by atoms with E-state index in [1.165, 1.54) is 12.1 Å². The van der Waals surface area contributed by atoms with Crippen LogP contribution in [0.25, 0.3) is 0 Å². The fraction of sp³-hybridized carbons (Fsp3) is 0.625. The molecule has 0 radical (unpaired) electrons. The summed E-state index contributed by atoms with van der Waals surface area (Å²) in [5.74, 6) is -1.16. The van der Waals surface area contributed by atoms with E-state index in [4.69, 9.17) is 10.5 Å². The van der Waals surface area contributed by atoms with E-state index in [1.807, 2.05) is 6.92 Å². The van der Waals surface area contributed by atoms with Crippen molar-refractivity contribution in [3.05, 3.63) is 35.4 Å². The molecular weight excluding hydrogens is 260 g/mol. The molecule has 1 unspecified atom stereocenters. The lowest BCUT2D eigenvalue weighted by molar-refractivity contribution is -0.0702. The summed E-state index contributed by atoms with van der Waals surface area (Å²) in [6.45, 7) is 2.48. The molecule has 20 heavy (non-hydrogen) atoms. The number of nitrogens with two attached hydrogens (primary N) is 1. The normalized spacial score (nSPS) is 20.4. The molecular formula is C16H23F2NO. The van der Waals surface area contributed by atoms with Gasteiger partial charge in [-0.3, -0.25) is 0 Å². The monoisotopic (exact) mass is 283 g/mol. The predicted molar refractivity (Wildman–Crippen MR) is 75.3 cm³/mol. The van der Waals surface area contributed by atoms with Crippen molar-refractivity contribution in [3.63, 3.8) is 0 Å². The Balaban J connectivity index is 2.31. The lowest BCUT2D eigenvalue weighted by Crippen LogP contribution is -2.44. The molecule has 0 spiro atoms. The molecule has 1 aliphatic rings. The molecule has 4 heteroatoms. The number of benzene rings is 1. The van der Waals surface area contributed by atoms with Crippen molar-refractivity contribution in [2.45, 2.75) is 57.1 Å². The second kappa shape index (κ2) is 6.64. The molecule has 0 aromatic heterocycles. The van der Waals surface area contributed by atoms with E-state index >= 15 is 0 Å². The van der Waals surface area contributed by atoms with Gasteiger partial charge in [0.05, 0.1) is 11.6 Å². The van der Waals surface area contributed by atoms with Crippen LogP contribution in [0.3, 0.4) is 0 Å². The van der Waals surface area contributed by atoms with Gasteiger partial charge >= 0.3 is 0 Å². The standard InChI is InChI=1S/C16H23F2NO/c1-2-20-16(9-5-3-4-6-10-16)15(19)13-8-7-12(17)11-14(13)18/h7-8,11,15H,2-6,9-10,19H2,1H3. The molecule has 1 aromatic rings.